The highest BCUT2D eigenvalue weighted by Gasteiger charge is 2.41. The second-order valence-corrected chi connectivity index (χ2v) is 5.51. The summed E-state index contributed by atoms with van der Waals surface area (Å²) in [6, 6.07) is 0.314. The molecule has 1 spiro atoms. The number of nitrogens with zero attached hydrogens (tertiary/aromatic N) is 1. The number of rotatable bonds is 4. The van der Waals surface area contributed by atoms with Crippen molar-refractivity contribution in [1.82, 2.24) is 10.2 Å². The van der Waals surface area contributed by atoms with Crippen LogP contribution in [0.2, 0.25) is 0 Å². The summed E-state index contributed by atoms with van der Waals surface area (Å²) in [4.78, 5) is 13.9. The predicted octanol–water partition coefficient (Wildman–Crippen LogP) is 1.01. The van der Waals surface area contributed by atoms with Gasteiger partial charge in [-0.3, -0.25) is 9.69 Å². The summed E-state index contributed by atoms with van der Waals surface area (Å²) in [5.41, 5.74) is 0.489. The van der Waals surface area contributed by atoms with E-state index < -0.39 is 0 Å². The van der Waals surface area contributed by atoms with Gasteiger partial charge in [-0.2, -0.15) is 0 Å². The van der Waals surface area contributed by atoms with Crippen LogP contribution < -0.4 is 5.32 Å². The summed E-state index contributed by atoms with van der Waals surface area (Å²) in [5, 5.41) is 3.46. The minimum Gasteiger partial charge on any atom is -0.466 e. The molecule has 4 heteroatoms. The molecule has 98 valence electrons. The Balaban J connectivity index is 1.81. The maximum absolute atomic E-state index is 11.5. The Labute approximate surface area is 104 Å². The van der Waals surface area contributed by atoms with E-state index in [1.165, 1.54) is 12.8 Å². The van der Waals surface area contributed by atoms with Crippen LogP contribution in [0.3, 0.4) is 0 Å². The molecule has 1 N–H and O–H groups in total. The van der Waals surface area contributed by atoms with E-state index in [-0.39, 0.29) is 5.97 Å². The first kappa shape index (κ1) is 12.8. The van der Waals surface area contributed by atoms with Gasteiger partial charge in [-0.1, -0.05) is 0 Å². The van der Waals surface area contributed by atoms with Gasteiger partial charge in [-0.25, -0.2) is 0 Å². The Morgan fingerprint density at radius 1 is 1.53 bits per heavy atom. The van der Waals surface area contributed by atoms with E-state index in [0.717, 1.165) is 26.2 Å². The smallest absolute Gasteiger partial charge is 0.307 e. The molecule has 4 nitrogen and oxygen atoms in total. The van der Waals surface area contributed by atoms with Gasteiger partial charge in [0.2, 0.25) is 0 Å². The molecule has 0 aromatic rings. The normalized spacial score (nSPS) is 30.9. The first-order chi connectivity index (χ1) is 8.15. The van der Waals surface area contributed by atoms with Crippen LogP contribution in [0, 0.1) is 5.41 Å². The second kappa shape index (κ2) is 5.36. The highest BCUT2D eigenvalue weighted by atomic mass is 16.5. The van der Waals surface area contributed by atoms with Gasteiger partial charge >= 0.3 is 5.97 Å². The number of ether oxygens (including phenoxy) is 1. The summed E-state index contributed by atoms with van der Waals surface area (Å²) >= 11 is 0. The zero-order valence-corrected chi connectivity index (χ0v) is 11.0. The van der Waals surface area contributed by atoms with Gasteiger partial charge < -0.3 is 10.1 Å². The molecule has 0 radical (unpaired) electrons. The van der Waals surface area contributed by atoms with Crippen LogP contribution >= 0.6 is 0 Å². The van der Waals surface area contributed by atoms with Crippen LogP contribution in [0.15, 0.2) is 0 Å². The van der Waals surface area contributed by atoms with Crippen molar-refractivity contribution in [3.8, 4) is 0 Å². The third-order valence-corrected chi connectivity index (χ3v) is 4.19. The van der Waals surface area contributed by atoms with Crippen LogP contribution in [-0.2, 0) is 9.53 Å². The third kappa shape index (κ3) is 2.99. The molecular weight excluding hydrogens is 216 g/mol. The zero-order valence-electron chi connectivity index (χ0n) is 11.0. The average Bonchev–Trinajstić information content (AvgIpc) is 2.90. The van der Waals surface area contributed by atoms with Crippen LogP contribution in [0.4, 0.5) is 0 Å². The Hall–Kier alpha value is -0.610. The number of carbonyl (C=O) groups excluding carboxylic acids is 1. The standard InChI is InChI=1S/C13H24N2O2/c1-3-17-12(16)8-11(2)15-7-5-13(10-15)4-6-14-9-13/h11,14H,3-10H2,1-2H3. The van der Waals surface area contributed by atoms with Gasteiger partial charge in [0.15, 0.2) is 0 Å². The molecule has 2 heterocycles. The molecule has 2 aliphatic heterocycles. The second-order valence-electron chi connectivity index (χ2n) is 5.51. The lowest BCUT2D eigenvalue weighted by Gasteiger charge is -2.26. The first-order valence-electron chi connectivity index (χ1n) is 6.76. The molecule has 2 saturated heterocycles. The Kier molecular flexibility index (Phi) is 4.05. The third-order valence-electron chi connectivity index (χ3n) is 4.19. The van der Waals surface area contributed by atoms with Crippen LogP contribution in [-0.4, -0.2) is 49.7 Å². The van der Waals surface area contributed by atoms with Crippen molar-refractivity contribution in [2.75, 3.05) is 32.8 Å². The number of nitrogens with one attached hydrogen (secondary N) is 1. The summed E-state index contributed by atoms with van der Waals surface area (Å²) in [5.74, 6) is -0.0644. The quantitative estimate of drug-likeness (QED) is 0.745. The summed E-state index contributed by atoms with van der Waals surface area (Å²) in [6.07, 6.45) is 3.08. The van der Waals surface area contributed by atoms with Gasteiger partial charge in [-0.15, -0.1) is 0 Å². The fraction of sp³-hybridized carbons (Fsp3) is 0.923. The van der Waals surface area contributed by atoms with Gasteiger partial charge in [-0.05, 0) is 45.2 Å². The minimum atomic E-state index is -0.0644. The SMILES string of the molecule is CCOC(=O)CC(C)N1CCC2(CCNC2)C1. The maximum atomic E-state index is 11.5. The topological polar surface area (TPSA) is 41.6 Å². The zero-order chi connectivity index (χ0) is 12.3. The molecule has 0 saturated carbocycles. The van der Waals surface area contributed by atoms with Crippen molar-refractivity contribution >= 4 is 5.97 Å². The minimum absolute atomic E-state index is 0.0644. The molecule has 2 unspecified atom stereocenters. The molecule has 2 fully saturated rings. The largest absolute Gasteiger partial charge is 0.466 e. The molecule has 2 atom stereocenters. The summed E-state index contributed by atoms with van der Waals surface area (Å²) < 4.78 is 5.01. The lowest BCUT2D eigenvalue weighted by molar-refractivity contribution is -0.144. The first-order valence-corrected chi connectivity index (χ1v) is 6.76. The molecular formula is C13H24N2O2. The highest BCUT2D eigenvalue weighted by molar-refractivity contribution is 5.70. The lowest BCUT2D eigenvalue weighted by Crippen LogP contribution is -2.36. The average molecular weight is 240 g/mol. The fourth-order valence-electron chi connectivity index (χ4n) is 3.08. The van der Waals surface area contributed by atoms with Gasteiger partial charge in [0.25, 0.3) is 0 Å². The van der Waals surface area contributed by atoms with Crippen molar-refractivity contribution in [1.29, 1.82) is 0 Å². The lowest BCUT2D eigenvalue weighted by atomic mass is 9.86. The highest BCUT2D eigenvalue weighted by Crippen LogP contribution is 2.37. The van der Waals surface area contributed by atoms with Gasteiger partial charge in [0.05, 0.1) is 13.0 Å². The monoisotopic (exact) mass is 240 g/mol. The molecule has 2 rings (SSSR count). The summed E-state index contributed by atoms with van der Waals surface area (Å²) in [6.45, 7) is 9.05. The van der Waals surface area contributed by atoms with E-state index in [4.69, 9.17) is 4.74 Å². The molecule has 0 bridgehead atoms. The molecule has 0 aliphatic carbocycles. The number of carbonyl (C=O) groups is 1. The van der Waals surface area contributed by atoms with Crippen LogP contribution in [0.1, 0.15) is 33.1 Å². The molecule has 0 amide bonds. The molecule has 17 heavy (non-hydrogen) atoms. The molecule has 0 aromatic heterocycles. The van der Waals surface area contributed by atoms with Crippen molar-refractivity contribution in [2.45, 2.75) is 39.2 Å². The fourth-order valence-corrected chi connectivity index (χ4v) is 3.08. The number of hydrogen-bond acceptors (Lipinski definition) is 4. The molecule has 2 aliphatic rings. The molecule has 0 aromatic carbocycles. The Morgan fingerprint density at radius 3 is 3.00 bits per heavy atom. The predicted molar refractivity (Wildman–Crippen MR) is 66.8 cm³/mol. The van der Waals surface area contributed by atoms with E-state index in [9.17, 15) is 4.79 Å². The number of hydrogen-bond donors (Lipinski definition) is 1. The number of likely N-dealkylation sites (tertiary alicyclic amines) is 1. The van der Waals surface area contributed by atoms with Gasteiger partial charge in [0, 0.05) is 19.1 Å². The maximum Gasteiger partial charge on any atom is 0.307 e. The van der Waals surface area contributed by atoms with Crippen molar-refractivity contribution < 1.29 is 9.53 Å². The Bertz CT molecular complexity index is 275. The van der Waals surface area contributed by atoms with E-state index >= 15 is 0 Å². The van der Waals surface area contributed by atoms with E-state index in [0.29, 0.717) is 24.5 Å². The van der Waals surface area contributed by atoms with Crippen molar-refractivity contribution in [2.24, 2.45) is 5.41 Å². The number of esters is 1. The van der Waals surface area contributed by atoms with Crippen LogP contribution in [0.25, 0.3) is 0 Å². The summed E-state index contributed by atoms with van der Waals surface area (Å²) in [7, 11) is 0. The van der Waals surface area contributed by atoms with E-state index in [1.54, 1.807) is 0 Å². The van der Waals surface area contributed by atoms with E-state index in [1.807, 2.05) is 6.92 Å². The van der Waals surface area contributed by atoms with Crippen molar-refractivity contribution in [3.05, 3.63) is 0 Å². The van der Waals surface area contributed by atoms with Crippen LogP contribution in [0.5, 0.6) is 0 Å². The van der Waals surface area contributed by atoms with Gasteiger partial charge in [0.1, 0.15) is 0 Å². The van der Waals surface area contributed by atoms with Crippen molar-refractivity contribution in [3.63, 3.8) is 0 Å². The Morgan fingerprint density at radius 2 is 2.35 bits per heavy atom. The van der Waals surface area contributed by atoms with E-state index in [2.05, 4.69) is 17.1 Å².